The van der Waals surface area contributed by atoms with Gasteiger partial charge in [-0.15, -0.1) is 0 Å². The first-order valence-electron chi connectivity index (χ1n) is 16.2. The Kier molecular flexibility index (Phi) is 6.23. The third-order valence-electron chi connectivity index (χ3n) is 9.40. The molecule has 0 radical (unpaired) electrons. The number of aromatic nitrogens is 1. The molecule has 0 fully saturated rings. The molecular weight excluding hydrogens is 572 g/mol. The zero-order valence-corrected chi connectivity index (χ0v) is 26.4. The van der Waals surface area contributed by atoms with Crippen molar-refractivity contribution in [3.05, 3.63) is 151 Å². The summed E-state index contributed by atoms with van der Waals surface area (Å²) >= 11 is 0. The lowest BCUT2D eigenvalue weighted by molar-refractivity contribution is 0.131. The first-order valence-corrected chi connectivity index (χ1v) is 16.2. The lowest BCUT2D eigenvalue weighted by Gasteiger charge is -2.19. The summed E-state index contributed by atoms with van der Waals surface area (Å²) < 4.78 is 6.16. The average molecular weight is 605 g/mol. The number of aliphatic imine (C=N–C) groups is 1. The molecule has 0 atom stereocenters. The lowest BCUT2D eigenvalue weighted by Crippen LogP contribution is -2.24. The number of nitrogens with zero attached hydrogens (tertiary/aromatic N) is 2. The van der Waals surface area contributed by atoms with E-state index >= 15 is 0 Å². The highest BCUT2D eigenvalue weighted by Gasteiger charge is 2.28. The summed E-state index contributed by atoms with van der Waals surface area (Å²) in [5.41, 5.74) is 7.64. The molecule has 0 N–H and O–H groups in total. The molecular formula is C44H32N2O. The molecule has 0 amide bonds. The summed E-state index contributed by atoms with van der Waals surface area (Å²) in [5, 5.41) is 9.86. The van der Waals surface area contributed by atoms with Gasteiger partial charge in [-0.2, -0.15) is 0 Å². The van der Waals surface area contributed by atoms with Crippen LogP contribution in [0.3, 0.4) is 0 Å². The first-order chi connectivity index (χ1) is 23.0. The molecule has 1 aromatic heterocycles. The van der Waals surface area contributed by atoms with Gasteiger partial charge >= 0.3 is 0 Å². The summed E-state index contributed by atoms with van der Waals surface area (Å²) in [6.07, 6.45) is 3.78. The second kappa shape index (κ2) is 10.6. The van der Waals surface area contributed by atoms with E-state index in [9.17, 15) is 0 Å². The zero-order chi connectivity index (χ0) is 31.5. The van der Waals surface area contributed by atoms with Crippen LogP contribution in [-0.4, -0.2) is 23.0 Å². The number of pyridine rings is 1. The van der Waals surface area contributed by atoms with Gasteiger partial charge in [0.2, 0.25) is 5.90 Å². The molecule has 0 aliphatic carbocycles. The van der Waals surface area contributed by atoms with Gasteiger partial charge in [-0.1, -0.05) is 109 Å². The topological polar surface area (TPSA) is 34.5 Å². The van der Waals surface area contributed by atoms with Crippen LogP contribution >= 0.6 is 0 Å². The van der Waals surface area contributed by atoms with Crippen molar-refractivity contribution < 1.29 is 4.74 Å². The van der Waals surface area contributed by atoms with Crippen LogP contribution in [0.4, 0.5) is 0 Å². The Morgan fingerprint density at radius 1 is 0.468 bits per heavy atom. The maximum atomic E-state index is 6.16. The Morgan fingerprint density at radius 3 is 1.62 bits per heavy atom. The van der Waals surface area contributed by atoms with E-state index in [2.05, 4.69) is 157 Å². The van der Waals surface area contributed by atoms with E-state index in [0.29, 0.717) is 12.4 Å². The zero-order valence-electron chi connectivity index (χ0n) is 26.4. The highest BCUT2D eigenvalue weighted by atomic mass is 16.5. The van der Waals surface area contributed by atoms with Crippen LogP contribution in [0.5, 0.6) is 0 Å². The van der Waals surface area contributed by atoms with Gasteiger partial charge in [0.25, 0.3) is 0 Å². The molecule has 0 spiro atoms. The predicted molar refractivity (Wildman–Crippen MR) is 197 cm³/mol. The van der Waals surface area contributed by atoms with E-state index in [0.717, 1.165) is 16.7 Å². The molecule has 0 saturated carbocycles. The Balaban J connectivity index is 1.33. The van der Waals surface area contributed by atoms with Crippen LogP contribution in [0.1, 0.15) is 19.4 Å². The molecule has 1 aliphatic rings. The summed E-state index contributed by atoms with van der Waals surface area (Å²) in [4.78, 5) is 9.31. The molecule has 47 heavy (non-hydrogen) atoms. The van der Waals surface area contributed by atoms with Crippen molar-refractivity contribution >= 4 is 49.0 Å². The first kappa shape index (κ1) is 27.5. The highest BCUT2D eigenvalue weighted by Crippen LogP contribution is 2.45. The standard InChI is InChI=1S/C44H32N2O/c1-44(2)27-46-43(47-44)36-23-35(25-45-26-36)32-19-20-39-40(24-32)42(34-18-16-29-10-4-6-12-31(29)22-34)38-14-8-7-13-37(38)41(39)33-17-15-28-9-3-5-11-30(28)21-33/h3-26H,27H2,1-2H3. The van der Waals surface area contributed by atoms with E-state index < -0.39 is 0 Å². The van der Waals surface area contributed by atoms with Gasteiger partial charge in [0.1, 0.15) is 5.60 Å². The normalized spacial score (nSPS) is 14.1. The van der Waals surface area contributed by atoms with Crippen molar-refractivity contribution in [1.82, 2.24) is 4.98 Å². The average Bonchev–Trinajstić information content (AvgIpc) is 3.49. The minimum atomic E-state index is -0.302. The van der Waals surface area contributed by atoms with E-state index in [1.807, 2.05) is 12.4 Å². The third-order valence-corrected chi connectivity index (χ3v) is 9.40. The van der Waals surface area contributed by atoms with Crippen molar-refractivity contribution in [2.45, 2.75) is 19.4 Å². The van der Waals surface area contributed by atoms with Crippen LogP contribution in [0.2, 0.25) is 0 Å². The second-order valence-electron chi connectivity index (χ2n) is 13.1. The van der Waals surface area contributed by atoms with E-state index in [4.69, 9.17) is 4.74 Å². The molecule has 0 bridgehead atoms. The van der Waals surface area contributed by atoms with Gasteiger partial charge in [-0.05, 0) is 109 Å². The Hall–Kier alpha value is -5.80. The number of hydrogen-bond acceptors (Lipinski definition) is 3. The Bertz CT molecular complexity index is 2560. The van der Waals surface area contributed by atoms with Crippen molar-refractivity contribution in [2.24, 2.45) is 4.99 Å². The van der Waals surface area contributed by atoms with Gasteiger partial charge in [0, 0.05) is 18.0 Å². The van der Waals surface area contributed by atoms with E-state index in [1.165, 1.54) is 65.3 Å². The molecule has 2 heterocycles. The molecule has 0 unspecified atom stereocenters. The quantitative estimate of drug-likeness (QED) is 0.187. The number of ether oxygens (including phenoxy) is 1. The van der Waals surface area contributed by atoms with E-state index in [1.54, 1.807) is 0 Å². The number of hydrogen-bond donors (Lipinski definition) is 0. The molecule has 8 aromatic rings. The minimum absolute atomic E-state index is 0.302. The molecule has 0 saturated heterocycles. The van der Waals surface area contributed by atoms with Crippen LogP contribution in [0.15, 0.2) is 151 Å². The second-order valence-corrected chi connectivity index (χ2v) is 13.1. The molecule has 1 aliphatic heterocycles. The number of fused-ring (bicyclic) bond motifs is 4. The fraction of sp³-hybridized carbons (Fsp3) is 0.0909. The lowest BCUT2D eigenvalue weighted by atomic mass is 9.84. The largest absolute Gasteiger partial charge is 0.469 e. The molecule has 3 nitrogen and oxygen atoms in total. The van der Waals surface area contributed by atoms with Gasteiger partial charge in [0.15, 0.2) is 0 Å². The van der Waals surface area contributed by atoms with Crippen LogP contribution < -0.4 is 0 Å². The summed E-state index contributed by atoms with van der Waals surface area (Å²) in [7, 11) is 0. The van der Waals surface area contributed by atoms with Crippen molar-refractivity contribution in [3.8, 4) is 33.4 Å². The van der Waals surface area contributed by atoms with Crippen molar-refractivity contribution in [3.63, 3.8) is 0 Å². The predicted octanol–water partition coefficient (Wildman–Crippen LogP) is 11.3. The number of rotatable bonds is 4. The van der Waals surface area contributed by atoms with Gasteiger partial charge < -0.3 is 4.74 Å². The van der Waals surface area contributed by atoms with Gasteiger partial charge in [-0.25, -0.2) is 4.99 Å². The Labute approximate surface area is 273 Å². The van der Waals surface area contributed by atoms with Gasteiger partial charge in [-0.3, -0.25) is 4.98 Å². The fourth-order valence-electron chi connectivity index (χ4n) is 7.12. The van der Waals surface area contributed by atoms with Crippen molar-refractivity contribution in [2.75, 3.05) is 6.54 Å². The van der Waals surface area contributed by atoms with Crippen LogP contribution in [0.25, 0.3) is 76.5 Å². The van der Waals surface area contributed by atoms with Gasteiger partial charge in [0.05, 0.1) is 12.1 Å². The summed E-state index contributed by atoms with van der Waals surface area (Å²) in [6.45, 7) is 4.77. The van der Waals surface area contributed by atoms with Crippen LogP contribution in [-0.2, 0) is 4.74 Å². The smallest absolute Gasteiger partial charge is 0.218 e. The maximum Gasteiger partial charge on any atom is 0.218 e. The monoisotopic (exact) mass is 604 g/mol. The highest BCUT2D eigenvalue weighted by molar-refractivity contribution is 6.22. The summed E-state index contributed by atoms with van der Waals surface area (Å²) in [6, 6.07) is 48.7. The third kappa shape index (κ3) is 4.74. The summed E-state index contributed by atoms with van der Waals surface area (Å²) in [5.74, 6) is 0.659. The van der Waals surface area contributed by atoms with Crippen molar-refractivity contribution in [1.29, 1.82) is 0 Å². The van der Waals surface area contributed by atoms with E-state index in [-0.39, 0.29) is 5.60 Å². The minimum Gasteiger partial charge on any atom is -0.469 e. The number of benzene rings is 7. The Morgan fingerprint density at radius 2 is 1.00 bits per heavy atom. The van der Waals surface area contributed by atoms with Crippen LogP contribution in [0, 0.1) is 0 Å². The molecule has 224 valence electrons. The fourth-order valence-corrected chi connectivity index (χ4v) is 7.12. The molecule has 3 heteroatoms. The SMILES string of the molecule is CC1(C)CN=C(c2cncc(-c3ccc4c(-c5ccc6ccccc6c5)c5ccccc5c(-c5ccc6ccccc6c5)c4c3)c2)O1. The maximum absolute atomic E-state index is 6.16. The molecule has 7 aromatic carbocycles. The molecule has 9 rings (SSSR count).